The topological polar surface area (TPSA) is 87.5 Å². The van der Waals surface area contributed by atoms with Gasteiger partial charge in [0.15, 0.2) is 0 Å². The van der Waals surface area contributed by atoms with E-state index in [1.165, 1.54) is 18.9 Å². The van der Waals surface area contributed by atoms with E-state index in [0.29, 0.717) is 24.7 Å². The smallest absolute Gasteiger partial charge is 0.292 e. The minimum Gasteiger partial charge on any atom is -0.379 e. The number of para-hydroxylation sites is 2. The summed E-state index contributed by atoms with van der Waals surface area (Å²) in [6.45, 7) is 3.28. The summed E-state index contributed by atoms with van der Waals surface area (Å²) in [6, 6.07) is 6.47. The maximum absolute atomic E-state index is 12.2. The minimum absolute atomic E-state index is 0.0238. The molecule has 7 nitrogen and oxygen atoms in total. The van der Waals surface area contributed by atoms with E-state index in [0.717, 1.165) is 12.8 Å². The highest BCUT2D eigenvalue weighted by molar-refractivity contribution is 5.76. The van der Waals surface area contributed by atoms with Gasteiger partial charge in [-0.05, 0) is 38.9 Å². The van der Waals surface area contributed by atoms with E-state index in [1.54, 1.807) is 18.2 Å². The molecule has 0 unspecified atom stereocenters. The Bertz CT molecular complexity index is 635. The Labute approximate surface area is 155 Å². The third-order valence-electron chi connectivity index (χ3n) is 5.40. The second kappa shape index (κ2) is 8.98. The van der Waals surface area contributed by atoms with Gasteiger partial charge in [0, 0.05) is 31.1 Å². The first-order valence-electron chi connectivity index (χ1n) is 9.25. The Morgan fingerprint density at radius 1 is 1.38 bits per heavy atom. The number of carbonyl (C=O) groups is 1. The van der Waals surface area contributed by atoms with Gasteiger partial charge in [0.05, 0.1) is 4.92 Å². The predicted octanol–water partition coefficient (Wildman–Crippen LogP) is 3.02. The van der Waals surface area contributed by atoms with Crippen LogP contribution >= 0.6 is 0 Å². The van der Waals surface area contributed by atoms with Crippen LogP contribution in [0.5, 0.6) is 0 Å². The molecule has 0 bridgehead atoms. The molecule has 1 amide bonds. The van der Waals surface area contributed by atoms with Gasteiger partial charge in [-0.2, -0.15) is 0 Å². The number of nitrogens with zero attached hydrogens (tertiary/aromatic N) is 2. The van der Waals surface area contributed by atoms with Crippen LogP contribution in [0.1, 0.15) is 39.0 Å². The monoisotopic (exact) mass is 362 g/mol. The summed E-state index contributed by atoms with van der Waals surface area (Å²) in [4.78, 5) is 25.1. The number of rotatable bonds is 8. The largest absolute Gasteiger partial charge is 0.379 e. The fourth-order valence-electron chi connectivity index (χ4n) is 3.80. The molecule has 2 rings (SSSR count). The van der Waals surface area contributed by atoms with Gasteiger partial charge >= 0.3 is 0 Å². The van der Waals surface area contributed by atoms with E-state index in [4.69, 9.17) is 0 Å². The molecule has 0 heterocycles. The molecule has 26 heavy (non-hydrogen) atoms. The zero-order valence-electron chi connectivity index (χ0n) is 16.0. The molecule has 0 spiro atoms. The normalized spacial score (nSPS) is 22.8. The molecule has 0 saturated heterocycles. The minimum atomic E-state index is -0.423. The van der Waals surface area contributed by atoms with E-state index >= 15 is 0 Å². The molecule has 0 aliphatic heterocycles. The lowest BCUT2D eigenvalue weighted by Crippen LogP contribution is -2.55. The van der Waals surface area contributed by atoms with Gasteiger partial charge in [-0.1, -0.05) is 31.9 Å². The first-order chi connectivity index (χ1) is 12.3. The number of amides is 1. The summed E-state index contributed by atoms with van der Waals surface area (Å²) in [5, 5.41) is 17.1. The molecule has 1 fully saturated rings. The summed E-state index contributed by atoms with van der Waals surface area (Å²) in [6.07, 6.45) is 4.91. The lowest BCUT2D eigenvalue weighted by Gasteiger charge is -2.45. The van der Waals surface area contributed by atoms with Gasteiger partial charge in [-0.3, -0.25) is 14.9 Å². The van der Waals surface area contributed by atoms with Crippen LogP contribution in [-0.4, -0.2) is 48.5 Å². The van der Waals surface area contributed by atoms with E-state index in [-0.39, 0.29) is 23.6 Å². The number of carbonyl (C=O) groups excluding carboxylic acids is 1. The van der Waals surface area contributed by atoms with E-state index < -0.39 is 4.92 Å². The molecule has 0 radical (unpaired) electrons. The van der Waals surface area contributed by atoms with Gasteiger partial charge in [-0.25, -0.2) is 0 Å². The zero-order chi connectivity index (χ0) is 19.2. The van der Waals surface area contributed by atoms with Crippen molar-refractivity contribution >= 4 is 17.3 Å². The number of anilines is 1. The van der Waals surface area contributed by atoms with Crippen LogP contribution in [0.3, 0.4) is 0 Å². The molecule has 1 aromatic rings. The molecule has 2 atom stereocenters. The number of nitrogens with one attached hydrogen (secondary N) is 2. The Morgan fingerprint density at radius 2 is 2.12 bits per heavy atom. The van der Waals surface area contributed by atoms with E-state index in [1.807, 2.05) is 0 Å². The third-order valence-corrected chi connectivity index (χ3v) is 5.40. The number of nitro benzene ring substituents is 1. The number of hydrogen-bond acceptors (Lipinski definition) is 5. The van der Waals surface area contributed by atoms with Crippen LogP contribution in [0, 0.1) is 16.0 Å². The summed E-state index contributed by atoms with van der Waals surface area (Å²) >= 11 is 0. The van der Waals surface area contributed by atoms with Crippen molar-refractivity contribution in [1.29, 1.82) is 0 Å². The average Bonchev–Trinajstić information content (AvgIpc) is 2.60. The summed E-state index contributed by atoms with van der Waals surface area (Å²) in [5.74, 6) is 0.638. The van der Waals surface area contributed by atoms with Crippen molar-refractivity contribution in [3.05, 3.63) is 34.4 Å². The molecule has 0 aromatic heterocycles. The van der Waals surface area contributed by atoms with Gasteiger partial charge in [0.2, 0.25) is 5.91 Å². The molecular formula is C19H30N4O3. The standard InChI is InChI=1S/C19H30N4O3/c1-15-7-6-11-19(13-15,22(2)3)14-21-18(24)10-12-20-16-8-4-5-9-17(16)23(25)26/h4-5,8-9,15,20H,6-7,10-14H2,1-3H3,(H,21,24)/t15-,19-/m1/s1. The van der Waals surface area contributed by atoms with Crippen molar-refractivity contribution in [2.24, 2.45) is 5.92 Å². The highest BCUT2D eigenvalue weighted by Gasteiger charge is 2.37. The van der Waals surface area contributed by atoms with E-state index in [2.05, 4.69) is 36.6 Å². The SMILES string of the molecule is C[C@@H]1CCC[C@@](CNC(=O)CCNc2ccccc2[N+](=O)[O-])(N(C)C)C1. The van der Waals surface area contributed by atoms with E-state index in [9.17, 15) is 14.9 Å². The van der Waals surface area contributed by atoms with Crippen molar-refractivity contribution in [2.75, 3.05) is 32.5 Å². The summed E-state index contributed by atoms with van der Waals surface area (Å²) in [7, 11) is 4.17. The third kappa shape index (κ3) is 5.17. The van der Waals surface area contributed by atoms with Crippen LogP contribution in [0.15, 0.2) is 24.3 Å². The highest BCUT2D eigenvalue weighted by atomic mass is 16.6. The van der Waals surface area contributed by atoms with Crippen molar-refractivity contribution in [3.63, 3.8) is 0 Å². The summed E-state index contributed by atoms with van der Waals surface area (Å²) < 4.78 is 0. The van der Waals surface area contributed by atoms with Gasteiger partial charge in [0.25, 0.3) is 5.69 Å². The number of benzene rings is 1. The zero-order valence-corrected chi connectivity index (χ0v) is 16.0. The second-order valence-electron chi connectivity index (χ2n) is 7.55. The van der Waals surface area contributed by atoms with Crippen molar-refractivity contribution in [3.8, 4) is 0 Å². The van der Waals surface area contributed by atoms with Crippen LogP contribution in [0.4, 0.5) is 11.4 Å². The van der Waals surface area contributed by atoms with Crippen molar-refractivity contribution < 1.29 is 9.72 Å². The van der Waals surface area contributed by atoms with Crippen molar-refractivity contribution in [2.45, 2.75) is 44.6 Å². The quantitative estimate of drug-likeness (QED) is 0.548. The van der Waals surface area contributed by atoms with Gasteiger partial charge < -0.3 is 15.5 Å². The molecule has 144 valence electrons. The molecule has 1 saturated carbocycles. The molecule has 1 aliphatic rings. The Hall–Kier alpha value is -2.15. The predicted molar refractivity (Wildman–Crippen MR) is 103 cm³/mol. The molecule has 7 heteroatoms. The van der Waals surface area contributed by atoms with Crippen LogP contribution in [-0.2, 0) is 4.79 Å². The summed E-state index contributed by atoms with van der Waals surface area (Å²) in [5.41, 5.74) is 0.491. The van der Waals surface area contributed by atoms with Gasteiger partial charge in [-0.15, -0.1) is 0 Å². The number of likely N-dealkylation sites (N-methyl/N-ethyl adjacent to an activating group) is 1. The molecule has 1 aliphatic carbocycles. The fraction of sp³-hybridized carbons (Fsp3) is 0.632. The maximum Gasteiger partial charge on any atom is 0.292 e. The Morgan fingerprint density at radius 3 is 2.77 bits per heavy atom. The Balaban J connectivity index is 1.83. The van der Waals surface area contributed by atoms with Crippen molar-refractivity contribution in [1.82, 2.24) is 10.2 Å². The molecule has 2 N–H and O–H groups in total. The molecule has 1 aromatic carbocycles. The second-order valence-corrected chi connectivity index (χ2v) is 7.55. The van der Waals surface area contributed by atoms with Crippen LogP contribution in [0.2, 0.25) is 0 Å². The average molecular weight is 362 g/mol. The lowest BCUT2D eigenvalue weighted by atomic mass is 9.75. The highest BCUT2D eigenvalue weighted by Crippen LogP contribution is 2.35. The number of nitro groups is 1. The lowest BCUT2D eigenvalue weighted by molar-refractivity contribution is -0.384. The molecular weight excluding hydrogens is 332 g/mol. The maximum atomic E-state index is 12.2. The van der Waals surface area contributed by atoms with Crippen LogP contribution in [0.25, 0.3) is 0 Å². The van der Waals surface area contributed by atoms with Gasteiger partial charge in [0.1, 0.15) is 5.69 Å². The number of hydrogen-bond donors (Lipinski definition) is 2. The fourth-order valence-corrected chi connectivity index (χ4v) is 3.80. The van der Waals surface area contributed by atoms with Crippen LogP contribution < -0.4 is 10.6 Å². The first-order valence-corrected chi connectivity index (χ1v) is 9.25. The Kier molecular flexibility index (Phi) is 6.97. The first kappa shape index (κ1) is 20.2.